The molecule has 1 aromatic carbocycles. The van der Waals surface area contributed by atoms with Crippen LogP contribution in [-0.2, 0) is 0 Å². The number of hydrogen-bond donors (Lipinski definition) is 1. The van der Waals surface area contributed by atoms with Crippen LogP contribution in [-0.4, -0.2) is 23.3 Å². The van der Waals surface area contributed by atoms with Crippen LogP contribution in [0.15, 0.2) is 24.3 Å². The van der Waals surface area contributed by atoms with Crippen molar-refractivity contribution in [2.24, 2.45) is 0 Å². The fourth-order valence-electron chi connectivity index (χ4n) is 1.54. The Morgan fingerprint density at radius 3 is 2.25 bits per heavy atom. The van der Waals surface area contributed by atoms with Crippen molar-refractivity contribution in [2.75, 3.05) is 0 Å². The Labute approximate surface area is 113 Å². The lowest BCUT2D eigenvalue weighted by Crippen LogP contribution is -2.37. The van der Waals surface area contributed by atoms with Gasteiger partial charge in [-0.3, -0.25) is 0 Å². The molecule has 0 aromatic heterocycles. The van der Waals surface area contributed by atoms with Crippen LogP contribution in [0.4, 0.5) is 22.0 Å². The number of ether oxygens (including phenoxy) is 1. The normalized spacial score (nSPS) is 14.4. The minimum Gasteiger partial charge on any atom is -0.491 e. The molecular weight excluding hydrogens is 283 g/mol. The van der Waals surface area contributed by atoms with Crippen molar-refractivity contribution < 1.29 is 31.8 Å². The molecule has 0 heterocycles. The maximum Gasteiger partial charge on any atom is 0.453 e. The number of aliphatic hydroxyl groups is 1. The molecule has 0 radical (unpaired) electrons. The number of halogens is 5. The predicted molar refractivity (Wildman–Crippen MR) is 62.8 cm³/mol. The molecule has 0 spiro atoms. The minimum absolute atomic E-state index is 0.0490. The summed E-state index contributed by atoms with van der Waals surface area (Å²) in [6, 6.07) is 5.46. The zero-order valence-electron chi connectivity index (χ0n) is 10.9. The highest BCUT2D eigenvalue weighted by Gasteiger charge is 2.58. The molecule has 0 aliphatic heterocycles. The fraction of sp³-hybridized carbons (Fsp3) is 0.538. The monoisotopic (exact) mass is 298 g/mol. The summed E-state index contributed by atoms with van der Waals surface area (Å²) in [5.41, 5.74) is -0.0490. The first-order valence-electron chi connectivity index (χ1n) is 5.92. The highest BCUT2D eigenvalue weighted by atomic mass is 19.4. The van der Waals surface area contributed by atoms with E-state index >= 15 is 0 Å². The molecule has 7 heteroatoms. The first kappa shape index (κ1) is 16.7. The van der Waals surface area contributed by atoms with E-state index in [1.165, 1.54) is 24.3 Å². The van der Waals surface area contributed by atoms with Gasteiger partial charge in [0, 0.05) is 0 Å². The van der Waals surface area contributed by atoms with E-state index in [4.69, 9.17) is 4.74 Å². The van der Waals surface area contributed by atoms with Crippen molar-refractivity contribution in [3.05, 3.63) is 29.8 Å². The van der Waals surface area contributed by atoms with Crippen LogP contribution in [0.2, 0.25) is 0 Å². The topological polar surface area (TPSA) is 29.5 Å². The summed E-state index contributed by atoms with van der Waals surface area (Å²) in [6.07, 6.45) is -9.51. The molecule has 1 unspecified atom stereocenters. The second kappa shape index (κ2) is 5.95. The average molecular weight is 298 g/mol. The summed E-state index contributed by atoms with van der Waals surface area (Å²) in [7, 11) is 0. The van der Waals surface area contributed by atoms with E-state index < -0.39 is 24.6 Å². The third kappa shape index (κ3) is 4.33. The van der Waals surface area contributed by atoms with Crippen LogP contribution in [0, 0.1) is 0 Å². The number of benzene rings is 1. The smallest absolute Gasteiger partial charge is 0.453 e. The van der Waals surface area contributed by atoms with E-state index in [1.54, 1.807) is 13.8 Å². The third-order valence-corrected chi connectivity index (χ3v) is 2.48. The summed E-state index contributed by atoms with van der Waals surface area (Å²) in [4.78, 5) is 0. The van der Waals surface area contributed by atoms with Gasteiger partial charge in [0.1, 0.15) is 5.75 Å². The van der Waals surface area contributed by atoms with Gasteiger partial charge in [-0.05, 0) is 31.5 Å². The van der Waals surface area contributed by atoms with Crippen molar-refractivity contribution in [2.45, 2.75) is 44.6 Å². The van der Waals surface area contributed by atoms with Crippen LogP contribution < -0.4 is 4.74 Å². The van der Waals surface area contributed by atoms with Gasteiger partial charge < -0.3 is 9.84 Å². The second-order valence-corrected chi connectivity index (χ2v) is 4.66. The highest BCUT2D eigenvalue weighted by molar-refractivity contribution is 5.30. The second-order valence-electron chi connectivity index (χ2n) is 4.66. The van der Waals surface area contributed by atoms with Gasteiger partial charge in [0.2, 0.25) is 0 Å². The van der Waals surface area contributed by atoms with Gasteiger partial charge in [-0.15, -0.1) is 0 Å². The van der Waals surface area contributed by atoms with E-state index in [1.807, 2.05) is 0 Å². The molecule has 20 heavy (non-hydrogen) atoms. The Bertz CT molecular complexity index is 443. The molecule has 0 aliphatic rings. The van der Waals surface area contributed by atoms with Crippen LogP contribution in [0.25, 0.3) is 0 Å². The third-order valence-electron chi connectivity index (χ3n) is 2.48. The zero-order valence-corrected chi connectivity index (χ0v) is 10.9. The molecule has 0 amide bonds. The van der Waals surface area contributed by atoms with E-state index in [0.717, 1.165) is 0 Å². The van der Waals surface area contributed by atoms with Crippen molar-refractivity contribution in [1.82, 2.24) is 0 Å². The first-order valence-corrected chi connectivity index (χ1v) is 5.92. The Balaban J connectivity index is 2.85. The van der Waals surface area contributed by atoms with Crippen LogP contribution >= 0.6 is 0 Å². The number of hydrogen-bond acceptors (Lipinski definition) is 2. The molecule has 0 aliphatic carbocycles. The SMILES string of the molecule is CC(C)Oc1cccc(C(O)CC(F)(F)C(F)(F)F)c1. The van der Waals surface area contributed by atoms with Gasteiger partial charge in [0.05, 0.1) is 18.6 Å². The summed E-state index contributed by atoms with van der Waals surface area (Å²) in [5.74, 6) is -4.65. The average Bonchev–Trinajstić information content (AvgIpc) is 2.26. The summed E-state index contributed by atoms with van der Waals surface area (Å²) in [5, 5.41) is 9.54. The molecule has 0 saturated heterocycles. The van der Waals surface area contributed by atoms with Gasteiger partial charge in [-0.1, -0.05) is 12.1 Å². The first-order chi connectivity index (χ1) is 9.03. The van der Waals surface area contributed by atoms with Crippen LogP contribution in [0.5, 0.6) is 5.75 Å². The lowest BCUT2D eigenvalue weighted by atomic mass is 10.0. The van der Waals surface area contributed by atoms with Gasteiger partial charge in [0.15, 0.2) is 0 Å². The fourth-order valence-corrected chi connectivity index (χ4v) is 1.54. The number of alkyl halides is 5. The maximum absolute atomic E-state index is 12.9. The molecule has 1 aromatic rings. The van der Waals surface area contributed by atoms with Crippen molar-refractivity contribution in [3.8, 4) is 5.75 Å². The summed E-state index contributed by atoms with van der Waals surface area (Å²) < 4.78 is 67.2. The number of rotatable bonds is 5. The highest BCUT2D eigenvalue weighted by Crippen LogP contribution is 2.41. The molecule has 0 bridgehead atoms. The van der Waals surface area contributed by atoms with Gasteiger partial charge in [-0.25, -0.2) is 0 Å². The van der Waals surface area contributed by atoms with Gasteiger partial charge in [-0.2, -0.15) is 22.0 Å². The molecule has 1 rings (SSSR count). The molecule has 1 atom stereocenters. The molecule has 114 valence electrons. The van der Waals surface area contributed by atoms with E-state index in [2.05, 4.69) is 0 Å². The molecular formula is C13H15F5O2. The summed E-state index contributed by atoms with van der Waals surface area (Å²) in [6.45, 7) is 3.47. The Morgan fingerprint density at radius 2 is 1.75 bits per heavy atom. The lowest BCUT2D eigenvalue weighted by Gasteiger charge is -2.22. The maximum atomic E-state index is 12.9. The molecule has 2 nitrogen and oxygen atoms in total. The van der Waals surface area contributed by atoms with E-state index in [0.29, 0.717) is 5.75 Å². The van der Waals surface area contributed by atoms with Crippen molar-refractivity contribution in [1.29, 1.82) is 0 Å². The minimum atomic E-state index is -5.68. The molecule has 1 N–H and O–H groups in total. The zero-order chi connectivity index (χ0) is 15.6. The van der Waals surface area contributed by atoms with E-state index in [-0.39, 0.29) is 11.7 Å². The number of aliphatic hydroxyl groups excluding tert-OH is 1. The molecule has 0 saturated carbocycles. The Morgan fingerprint density at radius 1 is 1.15 bits per heavy atom. The Hall–Kier alpha value is -1.37. The standard InChI is InChI=1S/C13H15F5O2/c1-8(2)20-10-5-3-4-9(6-10)11(19)7-12(14,15)13(16,17)18/h3-6,8,11,19H,7H2,1-2H3. The Kier molecular flexibility index (Phi) is 4.96. The van der Waals surface area contributed by atoms with Gasteiger partial charge >= 0.3 is 12.1 Å². The van der Waals surface area contributed by atoms with Crippen LogP contribution in [0.1, 0.15) is 31.9 Å². The van der Waals surface area contributed by atoms with E-state index in [9.17, 15) is 27.1 Å². The lowest BCUT2D eigenvalue weighted by molar-refractivity contribution is -0.290. The van der Waals surface area contributed by atoms with Crippen LogP contribution in [0.3, 0.4) is 0 Å². The predicted octanol–water partition coefficient (Wildman–Crippen LogP) is 4.09. The van der Waals surface area contributed by atoms with Gasteiger partial charge in [0.25, 0.3) is 0 Å². The molecule has 0 fully saturated rings. The summed E-state index contributed by atoms with van der Waals surface area (Å²) >= 11 is 0. The van der Waals surface area contributed by atoms with Crippen molar-refractivity contribution >= 4 is 0 Å². The van der Waals surface area contributed by atoms with Crippen molar-refractivity contribution in [3.63, 3.8) is 0 Å². The largest absolute Gasteiger partial charge is 0.491 e. The quantitative estimate of drug-likeness (QED) is 0.829.